The summed E-state index contributed by atoms with van der Waals surface area (Å²) >= 11 is 0. The smallest absolute Gasteiger partial charge is 0.153 e. The van der Waals surface area contributed by atoms with E-state index in [2.05, 4.69) is 20.9 Å². The maximum Gasteiger partial charge on any atom is 0.153 e. The molecule has 3 rings (SSSR count). The van der Waals surface area contributed by atoms with Crippen molar-refractivity contribution in [2.45, 2.75) is 18.6 Å². The molecule has 0 N–H and O–H groups in total. The van der Waals surface area contributed by atoms with Crippen molar-refractivity contribution in [3.05, 3.63) is 23.9 Å². The molecule has 140 valence electrons. The number of nitrogens with zero attached hydrogens (tertiary/aromatic N) is 4. The summed E-state index contributed by atoms with van der Waals surface area (Å²) in [6.45, 7) is 3.92. The Morgan fingerprint density at radius 2 is 1.88 bits per heavy atom. The van der Waals surface area contributed by atoms with Crippen molar-refractivity contribution in [1.82, 2.24) is 14.8 Å². The number of sulfone groups is 1. The summed E-state index contributed by atoms with van der Waals surface area (Å²) in [6.07, 6.45) is 1.89. The van der Waals surface area contributed by atoms with Gasteiger partial charge in [0, 0.05) is 65.7 Å². The van der Waals surface area contributed by atoms with Crippen LogP contribution in [-0.2, 0) is 21.1 Å². The van der Waals surface area contributed by atoms with Crippen LogP contribution in [-0.4, -0.2) is 94.2 Å². The van der Waals surface area contributed by atoms with Crippen LogP contribution in [0.25, 0.3) is 0 Å². The molecule has 0 amide bonds. The minimum atomic E-state index is -2.98. The molecule has 0 aliphatic carbocycles. The highest BCUT2D eigenvalue weighted by molar-refractivity contribution is 7.91. The van der Waals surface area contributed by atoms with Gasteiger partial charge in [-0.15, -0.1) is 0 Å². The van der Waals surface area contributed by atoms with Crippen LogP contribution in [0, 0.1) is 0 Å². The molecule has 8 heteroatoms. The topological polar surface area (TPSA) is 66.0 Å². The van der Waals surface area contributed by atoms with E-state index in [4.69, 9.17) is 4.74 Å². The number of methoxy groups -OCH3 is 1. The second-order valence-corrected chi connectivity index (χ2v) is 9.28. The number of anilines is 1. The monoisotopic (exact) mass is 368 g/mol. The Labute approximate surface area is 150 Å². The number of aromatic nitrogens is 1. The van der Waals surface area contributed by atoms with E-state index < -0.39 is 9.84 Å². The molecular weight excluding hydrogens is 340 g/mol. The molecule has 2 aliphatic rings. The molecule has 2 fully saturated rings. The molecular formula is C17H28N4O3S. The first-order chi connectivity index (χ1) is 11.9. The summed E-state index contributed by atoms with van der Waals surface area (Å²) in [4.78, 5) is 11.0. The van der Waals surface area contributed by atoms with Gasteiger partial charge in [0.15, 0.2) is 9.84 Å². The Morgan fingerprint density at radius 3 is 2.48 bits per heavy atom. The predicted octanol–water partition coefficient (Wildman–Crippen LogP) is 0.0772. The van der Waals surface area contributed by atoms with E-state index in [0.29, 0.717) is 6.61 Å². The van der Waals surface area contributed by atoms with Gasteiger partial charge in [0.25, 0.3) is 0 Å². The van der Waals surface area contributed by atoms with E-state index in [0.717, 1.165) is 37.6 Å². The van der Waals surface area contributed by atoms with Crippen molar-refractivity contribution in [3.63, 3.8) is 0 Å². The fraction of sp³-hybridized carbons (Fsp3) is 0.706. The molecule has 3 heterocycles. The number of fused-ring (bicyclic) bond motifs is 1. The van der Waals surface area contributed by atoms with Crippen molar-refractivity contribution in [1.29, 1.82) is 0 Å². The first kappa shape index (κ1) is 18.6. The highest BCUT2D eigenvalue weighted by Gasteiger charge is 2.46. The van der Waals surface area contributed by atoms with Crippen molar-refractivity contribution in [3.8, 4) is 0 Å². The Bertz CT molecular complexity index is 678. The van der Waals surface area contributed by atoms with Gasteiger partial charge in [-0.25, -0.2) is 13.4 Å². The Hall–Kier alpha value is -1.22. The molecule has 0 saturated carbocycles. The van der Waals surface area contributed by atoms with Gasteiger partial charge >= 0.3 is 0 Å². The van der Waals surface area contributed by atoms with Crippen molar-refractivity contribution in [2.24, 2.45) is 0 Å². The molecule has 1 aromatic heterocycles. The fourth-order valence-electron chi connectivity index (χ4n) is 3.79. The van der Waals surface area contributed by atoms with Gasteiger partial charge in [0.1, 0.15) is 5.82 Å². The Balaban J connectivity index is 1.72. The van der Waals surface area contributed by atoms with Crippen LogP contribution in [0.2, 0.25) is 0 Å². The quantitative estimate of drug-likeness (QED) is 0.704. The van der Waals surface area contributed by atoms with Crippen molar-refractivity contribution < 1.29 is 13.2 Å². The summed E-state index contributed by atoms with van der Waals surface area (Å²) < 4.78 is 29.6. The van der Waals surface area contributed by atoms with E-state index in [1.807, 2.05) is 31.3 Å². The standard InChI is InChI=1S/C17H28N4O3S/c1-19(2)17-5-4-14(10-18-17)11-21-7-6-20(8-9-24-3)15-12-25(22,23)13-16(15)21/h4-5,10,15-16H,6-9,11-13H2,1-3H3/t15-,16+/m1/s1. The molecule has 7 nitrogen and oxygen atoms in total. The third-order valence-electron chi connectivity index (χ3n) is 5.14. The zero-order valence-corrected chi connectivity index (χ0v) is 16.1. The van der Waals surface area contributed by atoms with Crippen LogP contribution >= 0.6 is 0 Å². The highest BCUT2D eigenvalue weighted by atomic mass is 32.2. The first-order valence-electron chi connectivity index (χ1n) is 8.69. The van der Waals surface area contributed by atoms with Crippen LogP contribution in [0.3, 0.4) is 0 Å². The zero-order chi connectivity index (χ0) is 18.0. The van der Waals surface area contributed by atoms with Gasteiger partial charge in [-0.2, -0.15) is 0 Å². The maximum atomic E-state index is 12.2. The minimum Gasteiger partial charge on any atom is -0.383 e. The molecule has 1 aromatic rings. The number of piperazine rings is 1. The van der Waals surface area contributed by atoms with Gasteiger partial charge < -0.3 is 9.64 Å². The third kappa shape index (κ3) is 4.31. The van der Waals surface area contributed by atoms with Crippen molar-refractivity contribution in [2.75, 3.05) is 63.9 Å². The van der Waals surface area contributed by atoms with Gasteiger partial charge in [0.2, 0.25) is 0 Å². The molecule has 2 saturated heterocycles. The van der Waals surface area contributed by atoms with Crippen LogP contribution in [0.15, 0.2) is 18.3 Å². The Morgan fingerprint density at radius 1 is 1.20 bits per heavy atom. The van der Waals surface area contributed by atoms with E-state index in [-0.39, 0.29) is 23.6 Å². The number of pyridine rings is 1. The lowest BCUT2D eigenvalue weighted by Crippen LogP contribution is -2.59. The van der Waals surface area contributed by atoms with Gasteiger partial charge in [-0.05, 0) is 11.6 Å². The second-order valence-electron chi connectivity index (χ2n) is 7.13. The molecule has 0 bridgehead atoms. The largest absolute Gasteiger partial charge is 0.383 e. The highest BCUT2D eigenvalue weighted by Crippen LogP contribution is 2.28. The van der Waals surface area contributed by atoms with E-state index in [1.165, 1.54) is 0 Å². The first-order valence-corrected chi connectivity index (χ1v) is 10.5. The van der Waals surface area contributed by atoms with E-state index >= 15 is 0 Å². The van der Waals surface area contributed by atoms with Crippen LogP contribution in [0.5, 0.6) is 0 Å². The van der Waals surface area contributed by atoms with Gasteiger partial charge in [-0.3, -0.25) is 9.80 Å². The normalized spacial score (nSPS) is 26.5. The van der Waals surface area contributed by atoms with Gasteiger partial charge in [0.05, 0.1) is 18.1 Å². The number of hydrogen-bond acceptors (Lipinski definition) is 7. The lowest BCUT2D eigenvalue weighted by molar-refractivity contribution is 0.0252. The zero-order valence-electron chi connectivity index (χ0n) is 15.3. The summed E-state index contributed by atoms with van der Waals surface area (Å²) in [7, 11) is 2.64. The van der Waals surface area contributed by atoms with Gasteiger partial charge in [-0.1, -0.05) is 6.07 Å². The number of hydrogen-bond donors (Lipinski definition) is 0. The lowest BCUT2D eigenvalue weighted by atomic mass is 10.0. The summed E-state index contributed by atoms with van der Waals surface area (Å²) in [5.41, 5.74) is 1.12. The number of rotatable bonds is 6. The predicted molar refractivity (Wildman–Crippen MR) is 98.7 cm³/mol. The summed E-state index contributed by atoms with van der Waals surface area (Å²) in [6, 6.07) is 4.22. The lowest BCUT2D eigenvalue weighted by Gasteiger charge is -2.43. The maximum absolute atomic E-state index is 12.2. The third-order valence-corrected chi connectivity index (χ3v) is 6.84. The second kappa shape index (κ2) is 7.57. The van der Waals surface area contributed by atoms with Crippen LogP contribution in [0.4, 0.5) is 5.82 Å². The van der Waals surface area contributed by atoms with Crippen LogP contribution in [0.1, 0.15) is 5.56 Å². The minimum absolute atomic E-state index is 0.0594. The fourth-order valence-corrected chi connectivity index (χ4v) is 5.83. The van der Waals surface area contributed by atoms with E-state index in [9.17, 15) is 8.42 Å². The molecule has 2 aliphatic heterocycles. The average Bonchev–Trinajstić information content (AvgIpc) is 2.90. The molecule has 0 radical (unpaired) electrons. The molecule has 2 atom stereocenters. The van der Waals surface area contributed by atoms with E-state index in [1.54, 1.807) is 7.11 Å². The molecule has 0 aromatic carbocycles. The molecule has 0 spiro atoms. The number of ether oxygens (including phenoxy) is 1. The van der Waals surface area contributed by atoms with Crippen LogP contribution < -0.4 is 4.90 Å². The summed E-state index contributed by atoms with van der Waals surface area (Å²) in [5.74, 6) is 1.44. The van der Waals surface area contributed by atoms with Crippen molar-refractivity contribution >= 4 is 15.7 Å². The Kier molecular flexibility index (Phi) is 5.62. The molecule has 25 heavy (non-hydrogen) atoms. The SMILES string of the molecule is COCCN1CCN(Cc2ccc(N(C)C)nc2)[C@H]2CS(=O)(=O)C[C@H]21. The summed E-state index contributed by atoms with van der Waals surface area (Å²) in [5, 5.41) is 0. The molecule has 0 unspecified atom stereocenters. The average molecular weight is 369 g/mol.